The van der Waals surface area contributed by atoms with Gasteiger partial charge in [-0.05, 0) is 32.1 Å². The molecule has 2 rings (SSSR count). The third-order valence-electron chi connectivity index (χ3n) is 5.48. The first-order valence-electron chi connectivity index (χ1n) is 7.66. The summed E-state index contributed by atoms with van der Waals surface area (Å²) < 4.78 is 5.85. The minimum atomic E-state index is -0.876. The minimum Gasteiger partial charge on any atom is -0.388 e. The highest BCUT2D eigenvalue weighted by Gasteiger charge is 2.56. The maximum atomic E-state index is 11.2. The lowest BCUT2D eigenvalue weighted by Gasteiger charge is -2.52. The van der Waals surface area contributed by atoms with Gasteiger partial charge < -0.3 is 9.84 Å². The Hall–Kier alpha value is -0.590. The van der Waals surface area contributed by atoms with Crippen molar-refractivity contribution in [2.45, 2.75) is 76.9 Å². The molecule has 1 saturated carbocycles. The molecule has 2 fully saturated rings. The molecule has 0 radical (unpaired) electrons. The van der Waals surface area contributed by atoms with E-state index < -0.39 is 11.0 Å². The van der Waals surface area contributed by atoms with E-state index in [1.807, 2.05) is 0 Å². The molecule has 0 aromatic heterocycles. The summed E-state index contributed by atoms with van der Waals surface area (Å²) >= 11 is 0. The number of hydrogen-bond acceptors (Lipinski definition) is 3. The molecule has 1 saturated heterocycles. The predicted octanol–water partition coefficient (Wildman–Crippen LogP) is 3.42. The molecular weight excluding hydrogens is 238 g/mol. The third kappa shape index (κ3) is 2.53. The first kappa shape index (κ1) is 14.8. The Bertz CT molecular complexity index is 377. The largest absolute Gasteiger partial charge is 0.388 e. The third-order valence-corrected chi connectivity index (χ3v) is 5.48. The van der Waals surface area contributed by atoms with Gasteiger partial charge in [-0.25, -0.2) is 0 Å². The van der Waals surface area contributed by atoms with Crippen LogP contribution in [0.5, 0.6) is 0 Å². The Morgan fingerprint density at radius 3 is 2.74 bits per heavy atom. The first-order valence-corrected chi connectivity index (χ1v) is 7.66. The fraction of sp³-hybridized carbons (Fsp3) is 0.938. The van der Waals surface area contributed by atoms with Gasteiger partial charge in [0.2, 0.25) is 0 Å². The van der Waals surface area contributed by atoms with Crippen LogP contribution in [0.2, 0.25) is 0 Å². The van der Waals surface area contributed by atoms with Gasteiger partial charge in [-0.2, -0.15) is 5.26 Å². The van der Waals surface area contributed by atoms with Crippen LogP contribution in [0, 0.1) is 22.7 Å². The zero-order chi connectivity index (χ0) is 14.1. The number of rotatable bonds is 2. The number of nitriles is 1. The summed E-state index contributed by atoms with van der Waals surface area (Å²) in [6, 6.07) is 2.51. The van der Waals surface area contributed by atoms with E-state index in [0.717, 1.165) is 25.7 Å². The fourth-order valence-electron chi connectivity index (χ4n) is 4.04. The summed E-state index contributed by atoms with van der Waals surface area (Å²) in [4.78, 5) is 0. The maximum absolute atomic E-state index is 11.2. The smallest absolute Gasteiger partial charge is 0.0882 e. The monoisotopic (exact) mass is 265 g/mol. The van der Waals surface area contributed by atoms with Crippen molar-refractivity contribution in [2.75, 3.05) is 6.61 Å². The molecule has 2 aliphatic rings. The van der Waals surface area contributed by atoms with Crippen molar-refractivity contribution in [3.63, 3.8) is 0 Å². The maximum Gasteiger partial charge on any atom is 0.0882 e. The average molecular weight is 265 g/mol. The number of nitrogens with zero attached hydrogens (tertiary/aromatic N) is 1. The van der Waals surface area contributed by atoms with Gasteiger partial charge >= 0.3 is 0 Å². The average Bonchev–Trinajstić information content (AvgIpc) is 2.38. The zero-order valence-corrected chi connectivity index (χ0v) is 12.5. The Balaban J connectivity index is 2.28. The predicted molar refractivity (Wildman–Crippen MR) is 74.5 cm³/mol. The Morgan fingerprint density at radius 2 is 2.16 bits per heavy atom. The van der Waals surface area contributed by atoms with Crippen LogP contribution in [0.4, 0.5) is 0 Å². The lowest BCUT2D eigenvalue weighted by Crippen LogP contribution is -2.57. The summed E-state index contributed by atoms with van der Waals surface area (Å²) in [5.41, 5.74) is -1.72. The molecule has 108 valence electrons. The van der Waals surface area contributed by atoms with Crippen molar-refractivity contribution in [1.29, 1.82) is 5.26 Å². The zero-order valence-electron chi connectivity index (χ0n) is 12.5. The fourth-order valence-corrected chi connectivity index (χ4v) is 4.04. The highest BCUT2D eigenvalue weighted by Crippen LogP contribution is 2.53. The van der Waals surface area contributed by atoms with Crippen LogP contribution in [-0.4, -0.2) is 22.9 Å². The highest BCUT2D eigenvalue weighted by atomic mass is 16.5. The normalized spacial score (nSPS) is 47.6. The summed E-state index contributed by atoms with van der Waals surface area (Å²) in [6.45, 7) is 6.92. The van der Waals surface area contributed by atoms with E-state index in [0.29, 0.717) is 25.4 Å². The summed E-state index contributed by atoms with van der Waals surface area (Å²) in [6.07, 6.45) is 5.98. The molecule has 4 atom stereocenters. The SMILES string of the molecule is CCC1(C)CC(O)(C2(C#N)CCCC(C)C2)CCO1. The number of hydrogen-bond donors (Lipinski definition) is 1. The lowest BCUT2D eigenvalue weighted by molar-refractivity contribution is -0.197. The standard InChI is InChI=1S/C16H27NO2/c1-4-14(3)11-16(18,8-9-19-14)15(12-17)7-5-6-13(2)10-15/h13,18H,4-11H2,1-3H3. The van der Waals surface area contributed by atoms with Gasteiger partial charge in [0, 0.05) is 12.8 Å². The molecule has 19 heavy (non-hydrogen) atoms. The molecule has 0 spiro atoms. The van der Waals surface area contributed by atoms with Gasteiger partial charge in [0.1, 0.15) is 0 Å². The second-order valence-corrected chi connectivity index (χ2v) is 7.01. The quantitative estimate of drug-likeness (QED) is 0.832. The Kier molecular flexibility index (Phi) is 3.95. The van der Waals surface area contributed by atoms with Crippen molar-refractivity contribution in [2.24, 2.45) is 11.3 Å². The highest BCUT2D eigenvalue weighted by molar-refractivity contribution is 5.15. The van der Waals surface area contributed by atoms with E-state index in [4.69, 9.17) is 4.74 Å². The molecule has 1 aliphatic carbocycles. The van der Waals surface area contributed by atoms with Crippen LogP contribution in [0.15, 0.2) is 0 Å². The van der Waals surface area contributed by atoms with Crippen molar-refractivity contribution in [3.8, 4) is 6.07 Å². The van der Waals surface area contributed by atoms with E-state index in [-0.39, 0.29) is 5.60 Å². The van der Waals surface area contributed by atoms with E-state index in [2.05, 4.69) is 26.8 Å². The molecule has 3 heteroatoms. The second kappa shape index (κ2) is 5.07. The van der Waals surface area contributed by atoms with Gasteiger partial charge in [-0.15, -0.1) is 0 Å². The van der Waals surface area contributed by atoms with Crippen molar-refractivity contribution >= 4 is 0 Å². The molecule has 0 amide bonds. The molecule has 0 aromatic carbocycles. The Morgan fingerprint density at radius 1 is 1.42 bits per heavy atom. The second-order valence-electron chi connectivity index (χ2n) is 7.01. The lowest BCUT2D eigenvalue weighted by atomic mass is 9.57. The van der Waals surface area contributed by atoms with Gasteiger partial charge in [0.15, 0.2) is 0 Å². The van der Waals surface area contributed by atoms with Gasteiger partial charge in [-0.3, -0.25) is 0 Å². The van der Waals surface area contributed by atoms with Crippen molar-refractivity contribution < 1.29 is 9.84 Å². The van der Waals surface area contributed by atoms with Crippen LogP contribution in [-0.2, 0) is 4.74 Å². The minimum absolute atomic E-state index is 0.280. The first-order chi connectivity index (χ1) is 8.89. The van der Waals surface area contributed by atoms with Gasteiger partial charge in [0.05, 0.1) is 29.3 Å². The van der Waals surface area contributed by atoms with Crippen molar-refractivity contribution in [3.05, 3.63) is 0 Å². The van der Waals surface area contributed by atoms with E-state index in [9.17, 15) is 10.4 Å². The molecular formula is C16H27NO2. The van der Waals surface area contributed by atoms with Crippen LogP contribution in [0.1, 0.15) is 65.7 Å². The van der Waals surface area contributed by atoms with Crippen LogP contribution in [0.3, 0.4) is 0 Å². The number of aliphatic hydroxyl groups is 1. The molecule has 0 bridgehead atoms. The molecule has 1 N–H and O–H groups in total. The molecule has 0 aromatic rings. The van der Waals surface area contributed by atoms with E-state index in [1.54, 1.807) is 0 Å². The van der Waals surface area contributed by atoms with E-state index in [1.165, 1.54) is 6.42 Å². The van der Waals surface area contributed by atoms with Gasteiger partial charge in [0.25, 0.3) is 0 Å². The Labute approximate surface area is 117 Å². The topological polar surface area (TPSA) is 53.2 Å². The number of ether oxygens (including phenoxy) is 1. The summed E-state index contributed by atoms with van der Waals surface area (Å²) in [5.74, 6) is 0.535. The van der Waals surface area contributed by atoms with Crippen LogP contribution >= 0.6 is 0 Å². The molecule has 4 unspecified atom stereocenters. The van der Waals surface area contributed by atoms with Crippen LogP contribution in [0.25, 0.3) is 0 Å². The summed E-state index contributed by atoms with van der Waals surface area (Å²) in [7, 11) is 0. The van der Waals surface area contributed by atoms with Gasteiger partial charge in [-0.1, -0.05) is 26.7 Å². The molecule has 1 heterocycles. The summed E-state index contributed by atoms with van der Waals surface area (Å²) in [5, 5.41) is 21.0. The molecule has 1 aliphatic heterocycles. The van der Waals surface area contributed by atoms with Crippen molar-refractivity contribution in [1.82, 2.24) is 0 Å². The van der Waals surface area contributed by atoms with E-state index >= 15 is 0 Å². The molecule has 3 nitrogen and oxygen atoms in total. The van der Waals surface area contributed by atoms with Crippen LogP contribution < -0.4 is 0 Å².